The van der Waals surface area contributed by atoms with Crippen molar-refractivity contribution in [1.29, 1.82) is 0 Å². The van der Waals surface area contributed by atoms with Crippen molar-refractivity contribution in [3.63, 3.8) is 0 Å². The van der Waals surface area contributed by atoms with Crippen molar-refractivity contribution < 1.29 is 17.4 Å². The van der Waals surface area contributed by atoms with Crippen LogP contribution in [0.1, 0.15) is 49.7 Å². The summed E-state index contributed by atoms with van der Waals surface area (Å²) in [4.78, 5) is -0.0407. The van der Waals surface area contributed by atoms with E-state index in [1.54, 1.807) is 12.1 Å². The molecular formula is C15H23FO3S. The van der Waals surface area contributed by atoms with Gasteiger partial charge in [0, 0.05) is 0 Å². The summed E-state index contributed by atoms with van der Waals surface area (Å²) < 4.78 is 43.1. The molecule has 0 saturated carbocycles. The highest BCUT2D eigenvalue weighted by molar-refractivity contribution is 7.85. The van der Waals surface area contributed by atoms with Gasteiger partial charge in [-0.25, -0.2) is 0 Å². The molecule has 5 heteroatoms. The lowest BCUT2D eigenvalue weighted by Gasteiger charge is -2.07. The van der Waals surface area contributed by atoms with E-state index in [1.807, 2.05) is 6.92 Å². The van der Waals surface area contributed by atoms with E-state index in [9.17, 15) is 12.8 Å². The Kier molecular flexibility index (Phi) is 7.16. The Morgan fingerprint density at radius 3 is 2.25 bits per heavy atom. The number of aryl methyl sites for hydroxylation is 2. The van der Waals surface area contributed by atoms with Crippen LogP contribution in [0.15, 0.2) is 23.1 Å². The van der Waals surface area contributed by atoms with Crippen LogP contribution < -0.4 is 0 Å². The lowest BCUT2D eigenvalue weighted by molar-refractivity contribution is 0.450. The summed E-state index contributed by atoms with van der Waals surface area (Å²) >= 11 is 0. The molecule has 20 heavy (non-hydrogen) atoms. The molecule has 3 nitrogen and oxygen atoms in total. The fraction of sp³-hybridized carbons (Fsp3) is 0.600. The van der Waals surface area contributed by atoms with Gasteiger partial charge in [0.25, 0.3) is 10.1 Å². The van der Waals surface area contributed by atoms with E-state index in [-0.39, 0.29) is 11.6 Å². The van der Waals surface area contributed by atoms with Gasteiger partial charge in [0.1, 0.15) is 0 Å². The third kappa shape index (κ3) is 6.01. The van der Waals surface area contributed by atoms with E-state index >= 15 is 0 Å². The molecule has 0 radical (unpaired) electrons. The molecule has 0 heterocycles. The molecule has 0 fully saturated rings. The van der Waals surface area contributed by atoms with E-state index in [1.165, 1.54) is 6.07 Å². The summed E-state index contributed by atoms with van der Waals surface area (Å²) in [5.41, 5.74) is 2.00. The number of unbranched alkanes of at least 4 members (excludes halogenated alkanes) is 5. The molecule has 0 saturated heterocycles. The van der Waals surface area contributed by atoms with Gasteiger partial charge >= 0.3 is 0 Å². The number of halogens is 1. The molecule has 1 rings (SSSR count). The SMILES string of the molecule is Cc1ccc(S(=O)(=O)O)cc1CCCCCCCCF. The zero-order chi connectivity index (χ0) is 15.0. The summed E-state index contributed by atoms with van der Waals surface area (Å²) in [7, 11) is -4.12. The topological polar surface area (TPSA) is 54.4 Å². The first-order valence-corrected chi connectivity index (χ1v) is 8.52. The predicted octanol–water partition coefficient (Wildman–Crippen LogP) is 4.09. The van der Waals surface area contributed by atoms with Crippen LogP contribution in [0.25, 0.3) is 0 Å². The summed E-state index contributed by atoms with van der Waals surface area (Å²) in [5.74, 6) is 0. The second-order valence-corrected chi connectivity index (χ2v) is 6.55. The molecular weight excluding hydrogens is 279 g/mol. The van der Waals surface area contributed by atoms with Crippen molar-refractivity contribution in [1.82, 2.24) is 0 Å². The van der Waals surface area contributed by atoms with E-state index < -0.39 is 10.1 Å². The van der Waals surface area contributed by atoms with E-state index in [0.717, 1.165) is 49.7 Å². The van der Waals surface area contributed by atoms with Gasteiger partial charge in [-0.2, -0.15) is 8.42 Å². The van der Waals surface area contributed by atoms with E-state index in [2.05, 4.69) is 0 Å². The maximum atomic E-state index is 11.9. The number of benzene rings is 1. The van der Waals surface area contributed by atoms with Crippen molar-refractivity contribution in [2.75, 3.05) is 6.67 Å². The quantitative estimate of drug-likeness (QED) is 0.552. The summed E-state index contributed by atoms with van der Waals surface area (Å²) in [6.45, 7) is 1.70. The molecule has 0 amide bonds. The minimum atomic E-state index is -4.12. The third-order valence-corrected chi connectivity index (χ3v) is 4.30. The normalized spacial score (nSPS) is 11.8. The maximum Gasteiger partial charge on any atom is 0.294 e. The van der Waals surface area contributed by atoms with Crippen LogP contribution in [-0.2, 0) is 16.5 Å². The summed E-state index contributed by atoms with van der Waals surface area (Å²) in [6, 6.07) is 4.69. The Morgan fingerprint density at radius 1 is 1.05 bits per heavy atom. The van der Waals surface area contributed by atoms with Gasteiger partial charge < -0.3 is 0 Å². The van der Waals surface area contributed by atoms with Gasteiger partial charge in [-0.3, -0.25) is 8.94 Å². The lowest BCUT2D eigenvalue weighted by atomic mass is 10.0. The fourth-order valence-electron chi connectivity index (χ4n) is 2.19. The molecule has 114 valence electrons. The van der Waals surface area contributed by atoms with Crippen molar-refractivity contribution >= 4 is 10.1 Å². The molecule has 0 aliphatic carbocycles. The van der Waals surface area contributed by atoms with Gasteiger partial charge in [0.05, 0.1) is 11.6 Å². The minimum Gasteiger partial charge on any atom is -0.282 e. The van der Waals surface area contributed by atoms with Crippen LogP contribution in [0.4, 0.5) is 4.39 Å². The number of hydrogen-bond donors (Lipinski definition) is 1. The van der Waals surface area contributed by atoms with Crippen LogP contribution >= 0.6 is 0 Å². The lowest BCUT2D eigenvalue weighted by Crippen LogP contribution is -2.00. The second-order valence-electron chi connectivity index (χ2n) is 5.12. The Morgan fingerprint density at radius 2 is 1.65 bits per heavy atom. The molecule has 0 unspecified atom stereocenters. The Hall–Kier alpha value is -0.940. The zero-order valence-electron chi connectivity index (χ0n) is 11.9. The van der Waals surface area contributed by atoms with Crippen LogP contribution in [-0.4, -0.2) is 19.6 Å². The average molecular weight is 302 g/mol. The van der Waals surface area contributed by atoms with Crippen LogP contribution in [0, 0.1) is 6.92 Å². The zero-order valence-corrected chi connectivity index (χ0v) is 12.8. The summed E-state index contributed by atoms with van der Waals surface area (Å²) in [5, 5.41) is 0. The van der Waals surface area contributed by atoms with E-state index in [4.69, 9.17) is 4.55 Å². The van der Waals surface area contributed by atoms with Gasteiger partial charge in [-0.05, 0) is 49.4 Å². The minimum absolute atomic E-state index is 0.0407. The first-order chi connectivity index (χ1) is 9.45. The van der Waals surface area contributed by atoms with Gasteiger partial charge in [-0.15, -0.1) is 0 Å². The summed E-state index contributed by atoms with van der Waals surface area (Å²) in [6.07, 6.45) is 6.56. The second kappa shape index (κ2) is 8.37. The monoisotopic (exact) mass is 302 g/mol. The van der Waals surface area contributed by atoms with Crippen molar-refractivity contribution in [2.45, 2.75) is 56.8 Å². The smallest absolute Gasteiger partial charge is 0.282 e. The molecule has 1 aromatic carbocycles. The number of hydrogen-bond acceptors (Lipinski definition) is 2. The average Bonchev–Trinajstić information content (AvgIpc) is 2.38. The fourth-order valence-corrected chi connectivity index (χ4v) is 2.73. The Bertz CT molecular complexity index is 512. The van der Waals surface area contributed by atoms with Crippen LogP contribution in [0.3, 0.4) is 0 Å². The van der Waals surface area contributed by atoms with Gasteiger partial charge in [0.15, 0.2) is 0 Å². The van der Waals surface area contributed by atoms with Crippen molar-refractivity contribution in [2.24, 2.45) is 0 Å². The molecule has 1 aromatic rings. The molecule has 0 bridgehead atoms. The highest BCUT2D eigenvalue weighted by atomic mass is 32.2. The van der Waals surface area contributed by atoms with Crippen LogP contribution in [0.5, 0.6) is 0 Å². The van der Waals surface area contributed by atoms with Gasteiger partial charge in [0.2, 0.25) is 0 Å². The predicted molar refractivity (Wildman–Crippen MR) is 78.4 cm³/mol. The largest absolute Gasteiger partial charge is 0.294 e. The highest BCUT2D eigenvalue weighted by Crippen LogP contribution is 2.18. The molecule has 0 spiro atoms. The first-order valence-electron chi connectivity index (χ1n) is 7.08. The van der Waals surface area contributed by atoms with Crippen LogP contribution in [0.2, 0.25) is 0 Å². The molecule has 0 atom stereocenters. The molecule has 0 aliphatic rings. The third-order valence-electron chi connectivity index (χ3n) is 3.45. The number of alkyl halides is 1. The Balaban J connectivity index is 2.44. The first kappa shape index (κ1) is 17.1. The van der Waals surface area contributed by atoms with Gasteiger partial charge in [-0.1, -0.05) is 31.7 Å². The molecule has 0 aromatic heterocycles. The van der Waals surface area contributed by atoms with E-state index in [0.29, 0.717) is 6.42 Å². The van der Waals surface area contributed by atoms with Crippen molar-refractivity contribution in [3.8, 4) is 0 Å². The maximum absolute atomic E-state index is 11.9. The standard InChI is InChI=1S/C15H23FO3S/c1-13-9-10-15(20(17,18)19)12-14(13)8-6-4-2-3-5-7-11-16/h9-10,12H,2-8,11H2,1H3,(H,17,18,19). The molecule has 0 aliphatic heterocycles. The van der Waals surface area contributed by atoms with Crippen molar-refractivity contribution in [3.05, 3.63) is 29.3 Å². The molecule has 1 N–H and O–H groups in total. The highest BCUT2D eigenvalue weighted by Gasteiger charge is 2.11. The number of rotatable bonds is 9. The Labute approximate surface area is 121 Å².